The van der Waals surface area contributed by atoms with E-state index in [2.05, 4.69) is 0 Å². The van der Waals surface area contributed by atoms with Gasteiger partial charge in [-0.3, -0.25) is 9.59 Å². The number of fused-ring (bicyclic) bond motifs is 1. The van der Waals surface area contributed by atoms with Crippen molar-refractivity contribution in [1.29, 1.82) is 0 Å². The summed E-state index contributed by atoms with van der Waals surface area (Å²) in [6.45, 7) is 10.2. The number of carbonyl (C=O) groups is 4. The lowest BCUT2D eigenvalue weighted by Crippen LogP contribution is -2.76. The fourth-order valence-electron chi connectivity index (χ4n) is 7.84. The van der Waals surface area contributed by atoms with Crippen LogP contribution in [-0.2, 0) is 38.1 Å². The van der Waals surface area contributed by atoms with E-state index in [1.54, 1.807) is 30.3 Å². The molecule has 0 unspecified atom stereocenters. The van der Waals surface area contributed by atoms with Crippen molar-refractivity contribution >= 4 is 30.0 Å². The standard InChI is InChI=1S/C35H40O9/c1-21-19-27(40-22(2)36)31(41-23(3)37)34(6)28(42-29(38)18-17-24-13-9-7-10-14-24)20-26-30(35(21,34)44-33(26,4)5)43-32(39)25-15-11-8-12-16-25/h7-18,21,26-28,30-31H,19-20H2,1-6H3/b18-17+/t21-,26-,27+,28+,30-,31+,34-,35-/m1/s1. The molecule has 8 atom stereocenters. The van der Waals surface area contributed by atoms with Gasteiger partial charge in [-0.2, -0.15) is 0 Å². The highest BCUT2D eigenvalue weighted by Gasteiger charge is 2.80. The number of rotatable bonds is 7. The first-order chi connectivity index (χ1) is 20.8. The lowest BCUT2D eigenvalue weighted by atomic mass is 9.48. The maximum Gasteiger partial charge on any atom is 0.338 e. The molecule has 1 heterocycles. The summed E-state index contributed by atoms with van der Waals surface area (Å²) in [6, 6.07) is 18.1. The van der Waals surface area contributed by atoms with Crippen LogP contribution in [0.25, 0.3) is 6.08 Å². The molecular formula is C35H40O9. The molecule has 1 spiro atoms. The second-order valence-corrected chi connectivity index (χ2v) is 12.8. The monoisotopic (exact) mass is 604 g/mol. The largest absolute Gasteiger partial charge is 0.459 e. The molecule has 2 saturated carbocycles. The average Bonchev–Trinajstić information content (AvgIpc) is 3.15. The van der Waals surface area contributed by atoms with Gasteiger partial charge < -0.3 is 23.7 Å². The van der Waals surface area contributed by atoms with E-state index in [9.17, 15) is 19.2 Å². The van der Waals surface area contributed by atoms with Crippen LogP contribution in [0.4, 0.5) is 0 Å². The number of ether oxygens (including phenoxy) is 5. The van der Waals surface area contributed by atoms with Crippen LogP contribution in [0.15, 0.2) is 66.7 Å². The van der Waals surface area contributed by atoms with Gasteiger partial charge in [0.05, 0.1) is 16.6 Å². The smallest absolute Gasteiger partial charge is 0.338 e. The lowest BCUT2D eigenvalue weighted by Gasteiger charge is -2.62. The van der Waals surface area contributed by atoms with Gasteiger partial charge in [0.2, 0.25) is 0 Å². The number of hydrogen-bond acceptors (Lipinski definition) is 9. The van der Waals surface area contributed by atoms with Crippen LogP contribution in [0.2, 0.25) is 0 Å². The highest BCUT2D eigenvalue weighted by Crippen LogP contribution is 2.68. The zero-order valence-electron chi connectivity index (χ0n) is 26.0. The summed E-state index contributed by atoms with van der Waals surface area (Å²) < 4.78 is 31.3. The van der Waals surface area contributed by atoms with Crippen LogP contribution in [0.3, 0.4) is 0 Å². The summed E-state index contributed by atoms with van der Waals surface area (Å²) in [7, 11) is 0. The van der Waals surface area contributed by atoms with Gasteiger partial charge in [-0.25, -0.2) is 9.59 Å². The Bertz CT molecular complexity index is 1430. The molecule has 2 aliphatic carbocycles. The van der Waals surface area contributed by atoms with E-state index >= 15 is 0 Å². The van der Waals surface area contributed by atoms with E-state index in [1.807, 2.05) is 64.1 Å². The zero-order valence-corrected chi connectivity index (χ0v) is 26.0. The maximum absolute atomic E-state index is 13.5. The first-order valence-corrected chi connectivity index (χ1v) is 15.0. The van der Waals surface area contributed by atoms with E-state index in [4.69, 9.17) is 23.7 Å². The molecule has 0 aromatic heterocycles. The van der Waals surface area contributed by atoms with Gasteiger partial charge in [-0.1, -0.05) is 55.5 Å². The van der Waals surface area contributed by atoms with E-state index in [1.165, 1.54) is 19.9 Å². The lowest BCUT2D eigenvalue weighted by molar-refractivity contribution is -0.304. The molecule has 44 heavy (non-hydrogen) atoms. The minimum atomic E-state index is -1.29. The highest BCUT2D eigenvalue weighted by molar-refractivity contribution is 5.89. The summed E-state index contributed by atoms with van der Waals surface area (Å²) in [5.74, 6) is -2.97. The summed E-state index contributed by atoms with van der Waals surface area (Å²) in [5.41, 5.74) is -2.16. The molecule has 2 bridgehead atoms. The van der Waals surface area contributed by atoms with Gasteiger partial charge in [0.15, 0.2) is 6.10 Å². The summed E-state index contributed by atoms with van der Waals surface area (Å²) in [6.07, 6.45) is -0.00419. The van der Waals surface area contributed by atoms with Crippen molar-refractivity contribution in [2.75, 3.05) is 0 Å². The van der Waals surface area contributed by atoms with Crippen molar-refractivity contribution in [3.8, 4) is 0 Å². The van der Waals surface area contributed by atoms with Crippen molar-refractivity contribution in [2.24, 2.45) is 17.3 Å². The molecule has 0 N–H and O–H groups in total. The first kappa shape index (κ1) is 31.4. The topological polar surface area (TPSA) is 114 Å². The first-order valence-electron chi connectivity index (χ1n) is 15.0. The van der Waals surface area contributed by atoms with Crippen molar-refractivity contribution in [3.05, 3.63) is 77.9 Å². The number of benzene rings is 2. The normalized spacial score (nSPS) is 33.6. The fraction of sp³-hybridized carbons (Fsp3) is 0.486. The molecule has 1 saturated heterocycles. The number of hydrogen-bond donors (Lipinski definition) is 0. The molecule has 2 aromatic rings. The fourth-order valence-corrected chi connectivity index (χ4v) is 7.84. The van der Waals surface area contributed by atoms with Crippen molar-refractivity contribution in [1.82, 2.24) is 0 Å². The molecule has 3 fully saturated rings. The van der Waals surface area contributed by atoms with Gasteiger partial charge >= 0.3 is 23.9 Å². The van der Waals surface area contributed by atoms with Crippen LogP contribution in [-0.4, -0.2) is 59.5 Å². The third-order valence-corrected chi connectivity index (χ3v) is 9.66. The van der Waals surface area contributed by atoms with Crippen LogP contribution >= 0.6 is 0 Å². The minimum Gasteiger partial charge on any atom is -0.459 e. The molecule has 0 radical (unpaired) electrons. The van der Waals surface area contributed by atoms with Crippen LogP contribution < -0.4 is 0 Å². The summed E-state index contributed by atoms with van der Waals surface area (Å²) >= 11 is 0. The van der Waals surface area contributed by atoms with Gasteiger partial charge in [-0.15, -0.1) is 0 Å². The number of carbonyl (C=O) groups excluding carboxylic acids is 4. The average molecular weight is 605 g/mol. The van der Waals surface area contributed by atoms with E-state index < -0.39 is 64.9 Å². The van der Waals surface area contributed by atoms with Gasteiger partial charge in [0.1, 0.15) is 23.9 Å². The zero-order chi connectivity index (χ0) is 31.9. The SMILES string of the molecule is CC(=O)O[C@H]1C[C@@H](C)[C@]23OC(C)(C)[C@H](C[C@H](OC(=O)/C=C/c4ccccc4)[C@]2(C)[C@H]1OC(C)=O)[C@H]3OC(=O)c1ccccc1. The maximum atomic E-state index is 13.5. The Morgan fingerprint density at radius 3 is 2.02 bits per heavy atom. The Morgan fingerprint density at radius 2 is 1.41 bits per heavy atom. The second kappa shape index (κ2) is 11.8. The van der Waals surface area contributed by atoms with Crippen LogP contribution in [0, 0.1) is 17.3 Å². The predicted molar refractivity (Wildman–Crippen MR) is 160 cm³/mol. The second-order valence-electron chi connectivity index (χ2n) is 12.8. The Balaban J connectivity index is 1.61. The van der Waals surface area contributed by atoms with E-state index in [0.717, 1.165) is 5.56 Å². The molecule has 5 rings (SSSR count). The Hall–Kier alpha value is -3.98. The molecule has 1 aliphatic heterocycles. The Kier molecular flexibility index (Phi) is 8.46. The molecular weight excluding hydrogens is 564 g/mol. The Morgan fingerprint density at radius 1 is 0.795 bits per heavy atom. The number of esters is 4. The van der Waals surface area contributed by atoms with Gasteiger partial charge in [0.25, 0.3) is 0 Å². The summed E-state index contributed by atoms with van der Waals surface area (Å²) in [5, 5.41) is 0. The molecule has 2 aromatic carbocycles. The van der Waals surface area contributed by atoms with Crippen LogP contribution in [0.1, 0.15) is 70.3 Å². The van der Waals surface area contributed by atoms with Gasteiger partial charge in [0, 0.05) is 25.8 Å². The molecule has 0 amide bonds. The Labute approximate surface area is 257 Å². The summed E-state index contributed by atoms with van der Waals surface area (Å²) in [4.78, 5) is 51.8. The highest BCUT2D eigenvalue weighted by atomic mass is 16.6. The predicted octanol–water partition coefficient (Wildman–Crippen LogP) is 5.31. The van der Waals surface area contributed by atoms with E-state index in [0.29, 0.717) is 5.56 Å². The van der Waals surface area contributed by atoms with E-state index in [-0.39, 0.29) is 24.7 Å². The molecule has 9 nitrogen and oxygen atoms in total. The third-order valence-electron chi connectivity index (χ3n) is 9.66. The minimum absolute atomic E-state index is 0.250. The van der Waals surface area contributed by atoms with Crippen molar-refractivity contribution < 1.29 is 42.9 Å². The van der Waals surface area contributed by atoms with Crippen molar-refractivity contribution in [2.45, 2.75) is 90.0 Å². The quantitative estimate of drug-likeness (QED) is 0.236. The van der Waals surface area contributed by atoms with Crippen LogP contribution in [0.5, 0.6) is 0 Å². The molecule has 9 heteroatoms. The molecule has 234 valence electrons. The van der Waals surface area contributed by atoms with Gasteiger partial charge in [-0.05, 0) is 63.3 Å². The molecule has 3 aliphatic rings. The van der Waals surface area contributed by atoms with Crippen molar-refractivity contribution in [3.63, 3.8) is 0 Å². The third kappa shape index (κ3) is 5.42.